The van der Waals surface area contributed by atoms with Crippen molar-refractivity contribution in [3.63, 3.8) is 0 Å². The first-order chi connectivity index (χ1) is 9.13. The van der Waals surface area contributed by atoms with Gasteiger partial charge in [0.15, 0.2) is 0 Å². The first-order valence-corrected chi connectivity index (χ1v) is 7.79. The number of nitrogens with one attached hydrogen (secondary N) is 1. The van der Waals surface area contributed by atoms with Crippen molar-refractivity contribution in [3.8, 4) is 0 Å². The highest BCUT2D eigenvalue weighted by atomic mass is 127. The van der Waals surface area contributed by atoms with E-state index in [-0.39, 0.29) is 0 Å². The van der Waals surface area contributed by atoms with Gasteiger partial charge in [-0.05, 0) is 79.1 Å². The van der Waals surface area contributed by atoms with Crippen LogP contribution in [0.25, 0.3) is 0 Å². The summed E-state index contributed by atoms with van der Waals surface area (Å²) in [4.78, 5) is 0. The molecule has 2 aromatic rings. The normalized spacial score (nSPS) is 12.2. The topological polar surface area (TPSA) is 12.0 Å². The van der Waals surface area contributed by atoms with E-state index in [0.29, 0.717) is 6.04 Å². The highest BCUT2D eigenvalue weighted by Gasteiger charge is 2.03. The minimum Gasteiger partial charge on any atom is -0.383 e. The maximum atomic E-state index is 3.55. The minimum absolute atomic E-state index is 0.487. The van der Waals surface area contributed by atoms with Crippen LogP contribution in [0.2, 0.25) is 0 Å². The molecular weight excluding hydrogens is 345 g/mol. The predicted molar refractivity (Wildman–Crippen MR) is 91.7 cm³/mol. The third-order valence-corrected chi connectivity index (χ3v) is 3.92. The quantitative estimate of drug-likeness (QED) is 0.733. The number of hydrogen-bond acceptors (Lipinski definition) is 1. The molecular formula is C17H20IN. The van der Waals surface area contributed by atoms with E-state index in [9.17, 15) is 0 Å². The van der Waals surface area contributed by atoms with E-state index in [0.717, 1.165) is 12.8 Å². The van der Waals surface area contributed by atoms with Crippen LogP contribution in [-0.4, -0.2) is 6.04 Å². The first-order valence-electron chi connectivity index (χ1n) is 6.71. The molecule has 1 atom stereocenters. The van der Waals surface area contributed by atoms with E-state index in [2.05, 4.69) is 90.3 Å². The fourth-order valence-corrected chi connectivity index (χ4v) is 2.51. The van der Waals surface area contributed by atoms with Crippen LogP contribution in [0.1, 0.15) is 24.5 Å². The van der Waals surface area contributed by atoms with Crippen molar-refractivity contribution in [2.45, 2.75) is 32.7 Å². The average Bonchev–Trinajstić information content (AvgIpc) is 2.39. The lowest BCUT2D eigenvalue weighted by molar-refractivity contribution is 0.706. The summed E-state index contributed by atoms with van der Waals surface area (Å²) in [5.74, 6) is 0. The maximum Gasteiger partial charge on any atom is 0.0342 e. The van der Waals surface area contributed by atoms with Gasteiger partial charge in [-0.1, -0.05) is 29.8 Å². The van der Waals surface area contributed by atoms with Crippen LogP contribution in [0.15, 0.2) is 48.5 Å². The summed E-state index contributed by atoms with van der Waals surface area (Å²) in [5, 5.41) is 3.55. The van der Waals surface area contributed by atoms with Crippen molar-refractivity contribution in [1.29, 1.82) is 0 Å². The molecule has 0 radical (unpaired) electrons. The molecule has 0 amide bonds. The molecule has 0 saturated carbocycles. The number of anilines is 1. The number of halogens is 1. The van der Waals surface area contributed by atoms with E-state index in [1.54, 1.807) is 0 Å². The Morgan fingerprint density at radius 1 is 1.11 bits per heavy atom. The van der Waals surface area contributed by atoms with Crippen LogP contribution in [-0.2, 0) is 6.42 Å². The molecule has 1 nitrogen and oxygen atoms in total. The molecule has 0 aromatic heterocycles. The van der Waals surface area contributed by atoms with Gasteiger partial charge in [0.25, 0.3) is 0 Å². The number of rotatable bonds is 5. The SMILES string of the molecule is Cc1cccc(CCC(C)Nc2ccc(I)cc2)c1. The number of aryl methyl sites for hydroxylation is 2. The second kappa shape index (κ2) is 6.94. The number of hydrogen-bond donors (Lipinski definition) is 1. The largest absolute Gasteiger partial charge is 0.383 e. The lowest BCUT2D eigenvalue weighted by Crippen LogP contribution is -2.15. The van der Waals surface area contributed by atoms with E-state index >= 15 is 0 Å². The van der Waals surface area contributed by atoms with Gasteiger partial charge in [0.1, 0.15) is 0 Å². The summed E-state index contributed by atoms with van der Waals surface area (Å²) >= 11 is 2.33. The zero-order chi connectivity index (χ0) is 13.7. The highest BCUT2D eigenvalue weighted by molar-refractivity contribution is 14.1. The second-order valence-corrected chi connectivity index (χ2v) is 6.33. The van der Waals surface area contributed by atoms with Gasteiger partial charge in [0, 0.05) is 15.3 Å². The first kappa shape index (κ1) is 14.4. The zero-order valence-corrected chi connectivity index (χ0v) is 13.6. The van der Waals surface area contributed by atoms with Gasteiger partial charge < -0.3 is 5.32 Å². The fourth-order valence-electron chi connectivity index (χ4n) is 2.15. The summed E-state index contributed by atoms with van der Waals surface area (Å²) < 4.78 is 1.27. The summed E-state index contributed by atoms with van der Waals surface area (Å²) in [5.41, 5.74) is 3.98. The number of benzene rings is 2. The molecule has 0 fully saturated rings. The van der Waals surface area contributed by atoms with E-state index < -0.39 is 0 Å². The Kier molecular flexibility index (Phi) is 5.25. The molecule has 2 aromatic carbocycles. The van der Waals surface area contributed by atoms with Crippen LogP contribution < -0.4 is 5.32 Å². The third-order valence-electron chi connectivity index (χ3n) is 3.21. The lowest BCUT2D eigenvalue weighted by atomic mass is 10.0. The summed E-state index contributed by atoms with van der Waals surface area (Å²) in [6.45, 7) is 4.39. The van der Waals surface area contributed by atoms with Crippen LogP contribution in [0, 0.1) is 10.5 Å². The van der Waals surface area contributed by atoms with Crippen LogP contribution in [0.4, 0.5) is 5.69 Å². The standard InChI is InChI=1S/C17H20IN/c1-13-4-3-5-15(12-13)7-6-14(2)19-17-10-8-16(18)9-11-17/h3-5,8-12,14,19H,6-7H2,1-2H3. The fraction of sp³-hybridized carbons (Fsp3) is 0.294. The summed E-state index contributed by atoms with van der Waals surface area (Å²) in [7, 11) is 0. The van der Waals surface area contributed by atoms with Crippen molar-refractivity contribution in [1.82, 2.24) is 0 Å². The minimum atomic E-state index is 0.487. The van der Waals surface area contributed by atoms with Gasteiger partial charge in [0.2, 0.25) is 0 Å². The average molecular weight is 365 g/mol. The molecule has 1 unspecified atom stereocenters. The van der Waals surface area contributed by atoms with Crippen LogP contribution in [0.5, 0.6) is 0 Å². The Morgan fingerprint density at radius 3 is 2.53 bits per heavy atom. The smallest absolute Gasteiger partial charge is 0.0342 e. The monoisotopic (exact) mass is 365 g/mol. The van der Waals surface area contributed by atoms with Gasteiger partial charge in [0.05, 0.1) is 0 Å². The van der Waals surface area contributed by atoms with Crippen LogP contribution >= 0.6 is 22.6 Å². The third kappa shape index (κ3) is 4.86. The van der Waals surface area contributed by atoms with E-state index in [1.807, 2.05) is 0 Å². The van der Waals surface area contributed by atoms with Crippen LogP contribution in [0.3, 0.4) is 0 Å². The molecule has 2 heteroatoms. The van der Waals surface area contributed by atoms with E-state index in [4.69, 9.17) is 0 Å². The molecule has 1 N–H and O–H groups in total. The zero-order valence-electron chi connectivity index (χ0n) is 11.5. The van der Waals surface area contributed by atoms with Gasteiger partial charge in [-0.2, -0.15) is 0 Å². The molecule has 0 aliphatic rings. The predicted octanol–water partition coefficient (Wildman–Crippen LogP) is 5.03. The van der Waals surface area contributed by atoms with Crippen molar-refractivity contribution >= 4 is 28.3 Å². The lowest BCUT2D eigenvalue weighted by Gasteiger charge is -2.15. The molecule has 0 heterocycles. The Bertz CT molecular complexity index is 519. The Hall–Kier alpha value is -1.03. The summed E-state index contributed by atoms with van der Waals surface area (Å²) in [6.07, 6.45) is 2.27. The second-order valence-electron chi connectivity index (χ2n) is 5.08. The van der Waals surface area contributed by atoms with Gasteiger partial charge >= 0.3 is 0 Å². The molecule has 0 bridgehead atoms. The Morgan fingerprint density at radius 2 is 1.84 bits per heavy atom. The van der Waals surface area contributed by atoms with Crippen molar-refractivity contribution in [2.75, 3.05) is 5.32 Å². The van der Waals surface area contributed by atoms with Gasteiger partial charge in [-0.25, -0.2) is 0 Å². The molecule has 0 spiro atoms. The van der Waals surface area contributed by atoms with Gasteiger partial charge in [-0.15, -0.1) is 0 Å². The Balaban J connectivity index is 1.84. The van der Waals surface area contributed by atoms with E-state index in [1.165, 1.54) is 20.4 Å². The Labute approximate surface area is 129 Å². The highest BCUT2D eigenvalue weighted by Crippen LogP contribution is 2.14. The van der Waals surface area contributed by atoms with Crippen molar-refractivity contribution in [2.24, 2.45) is 0 Å². The van der Waals surface area contributed by atoms with Crippen molar-refractivity contribution in [3.05, 3.63) is 63.2 Å². The van der Waals surface area contributed by atoms with Gasteiger partial charge in [-0.3, -0.25) is 0 Å². The summed E-state index contributed by atoms with van der Waals surface area (Å²) in [6, 6.07) is 17.8. The molecule has 0 aliphatic heterocycles. The molecule has 0 aliphatic carbocycles. The molecule has 2 rings (SSSR count). The molecule has 19 heavy (non-hydrogen) atoms. The molecule has 100 valence electrons. The van der Waals surface area contributed by atoms with Crippen molar-refractivity contribution < 1.29 is 0 Å². The maximum absolute atomic E-state index is 3.55. The molecule has 0 saturated heterocycles.